The van der Waals surface area contributed by atoms with E-state index in [1.165, 1.54) is 17.1 Å². The number of hydrogen-bond donors (Lipinski definition) is 2. The van der Waals surface area contributed by atoms with Crippen molar-refractivity contribution in [3.63, 3.8) is 0 Å². The molecule has 0 aliphatic rings. The smallest absolute Gasteiger partial charge is 0.305 e. The Kier molecular flexibility index (Phi) is 4.66. The van der Waals surface area contributed by atoms with E-state index < -0.39 is 16.0 Å². The van der Waals surface area contributed by atoms with Crippen LogP contribution in [0, 0.1) is 0 Å². The molecule has 2 rings (SSSR count). The van der Waals surface area contributed by atoms with E-state index in [1.807, 2.05) is 0 Å². The molecule has 0 aliphatic carbocycles. The van der Waals surface area contributed by atoms with Gasteiger partial charge >= 0.3 is 5.97 Å². The Balaban J connectivity index is 2.01. The molecule has 9 heteroatoms. The van der Waals surface area contributed by atoms with Crippen molar-refractivity contribution < 1.29 is 18.3 Å². The number of pyridine rings is 1. The maximum atomic E-state index is 12.0. The zero-order valence-electron chi connectivity index (χ0n) is 11.0. The number of hydrogen-bond acceptors (Lipinski definition) is 5. The lowest BCUT2D eigenvalue weighted by Gasteiger charge is -2.03. The second kappa shape index (κ2) is 6.46. The van der Waals surface area contributed by atoms with Crippen LogP contribution in [0.1, 0.15) is 12.1 Å². The third-order valence-electron chi connectivity index (χ3n) is 2.64. The first-order valence-electron chi connectivity index (χ1n) is 6.11. The predicted molar refractivity (Wildman–Crippen MR) is 72.7 cm³/mol. The van der Waals surface area contributed by atoms with E-state index in [1.54, 1.807) is 24.4 Å². The number of rotatable bonds is 7. The lowest BCUT2D eigenvalue weighted by atomic mass is 10.4. The maximum Gasteiger partial charge on any atom is 0.305 e. The van der Waals surface area contributed by atoms with Crippen LogP contribution in [0.3, 0.4) is 0 Å². The number of carboxylic acid groups (broad SMARTS) is 1. The van der Waals surface area contributed by atoms with E-state index in [4.69, 9.17) is 5.11 Å². The van der Waals surface area contributed by atoms with Crippen molar-refractivity contribution >= 4 is 16.0 Å². The van der Waals surface area contributed by atoms with E-state index in [-0.39, 0.29) is 24.4 Å². The molecule has 0 fully saturated rings. The van der Waals surface area contributed by atoms with Crippen LogP contribution in [0.15, 0.2) is 41.7 Å². The summed E-state index contributed by atoms with van der Waals surface area (Å²) in [7, 11) is -3.70. The van der Waals surface area contributed by atoms with Crippen LogP contribution in [0.5, 0.6) is 0 Å². The van der Waals surface area contributed by atoms with Crippen molar-refractivity contribution in [1.29, 1.82) is 0 Å². The molecule has 0 unspecified atom stereocenters. The highest BCUT2D eigenvalue weighted by Gasteiger charge is 2.16. The van der Waals surface area contributed by atoms with Gasteiger partial charge in [-0.25, -0.2) is 13.1 Å². The zero-order valence-corrected chi connectivity index (χ0v) is 11.8. The number of nitrogens with one attached hydrogen (secondary N) is 1. The van der Waals surface area contributed by atoms with Gasteiger partial charge in [0.15, 0.2) is 0 Å². The van der Waals surface area contributed by atoms with Crippen LogP contribution in [-0.2, 0) is 27.9 Å². The van der Waals surface area contributed by atoms with Gasteiger partial charge < -0.3 is 5.11 Å². The minimum Gasteiger partial charge on any atom is -0.481 e. The summed E-state index contributed by atoms with van der Waals surface area (Å²) >= 11 is 0. The summed E-state index contributed by atoms with van der Waals surface area (Å²) in [5.41, 5.74) is 0.597. The Morgan fingerprint density at radius 3 is 2.86 bits per heavy atom. The largest absolute Gasteiger partial charge is 0.481 e. The molecule has 2 heterocycles. The lowest BCUT2D eigenvalue weighted by Crippen LogP contribution is -2.23. The molecule has 0 bridgehead atoms. The van der Waals surface area contributed by atoms with E-state index in [2.05, 4.69) is 14.8 Å². The molecule has 112 valence electrons. The van der Waals surface area contributed by atoms with Gasteiger partial charge in [0.2, 0.25) is 10.0 Å². The van der Waals surface area contributed by atoms with E-state index in [0.717, 1.165) is 0 Å². The highest BCUT2D eigenvalue weighted by Crippen LogP contribution is 2.08. The van der Waals surface area contributed by atoms with Gasteiger partial charge in [-0.2, -0.15) is 5.10 Å². The monoisotopic (exact) mass is 310 g/mol. The Labute approximate surface area is 121 Å². The molecule has 0 saturated carbocycles. The molecule has 0 aromatic carbocycles. The molecular weight excluding hydrogens is 296 g/mol. The Hall–Kier alpha value is -2.26. The average Bonchev–Trinajstić information content (AvgIpc) is 2.94. The molecule has 0 radical (unpaired) electrons. The summed E-state index contributed by atoms with van der Waals surface area (Å²) < 4.78 is 27.8. The van der Waals surface area contributed by atoms with Gasteiger partial charge in [0, 0.05) is 12.4 Å². The molecule has 8 nitrogen and oxygen atoms in total. The van der Waals surface area contributed by atoms with Gasteiger partial charge in [0.25, 0.3) is 0 Å². The highest BCUT2D eigenvalue weighted by molar-refractivity contribution is 7.89. The first-order chi connectivity index (χ1) is 9.97. The van der Waals surface area contributed by atoms with Crippen LogP contribution in [0.4, 0.5) is 0 Å². The minimum atomic E-state index is -3.70. The molecule has 2 aromatic rings. The molecule has 21 heavy (non-hydrogen) atoms. The Morgan fingerprint density at radius 1 is 1.38 bits per heavy atom. The molecule has 0 aliphatic heterocycles. The molecule has 0 saturated heterocycles. The van der Waals surface area contributed by atoms with Crippen molar-refractivity contribution in [2.45, 2.75) is 24.4 Å². The fourth-order valence-corrected chi connectivity index (χ4v) is 2.52. The molecule has 0 amide bonds. The van der Waals surface area contributed by atoms with Crippen molar-refractivity contribution in [2.75, 3.05) is 0 Å². The maximum absolute atomic E-state index is 12.0. The number of carboxylic acids is 1. The summed E-state index contributed by atoms with van der Waals surface area (Å²) in [6.45, 7) is 0.189. The van der Waals surface area contributed by atoms with Crippen molar-refractivity contribution in [1.82, 2.24) is 19.5 Å². The van der Waals surface area contributed by atoms with Crippen molar-refractivity contribution in [3.8, 4) is 0 Å². The van der Waals surface area contributed by atoms with Gasteiger partial charge in [-0.3, -0.25) is 14.5 Å². The number of aliphatic carboxylic acids is 1. The Morgan fingerprint density at radius 2 is 2.19 bits per heavy atom. The van der Waals surface area contributed by atoms with E-state index in [9.17, 15) is 13.2 Å². The first kappa shape index (κ1) is 15.1. The van der Waals surface area contributed by atoms with Crippen molar-refractivity contribution in [2.24, 2.45) is 0 Å². The van der Waals surface area contributed by atoms with Crippen LogP contribution in [0.25, 0.3) is 0 Å². The van der Waals surface area contributed by atoms with Crippen molar-refractivity contribution in [3.05, 3.63) is 42.5 Å². The molecule has 2 N–H and O–H groups in total. The van der Waals surface area contributed by atoms with Crippen LogP contribution in [0.2, 0.25) is 0 Å². The first-order valence-corrected chi connectivity index (χ1v) is 7.59. The number of aromatic nitrogens is 3. The fraction of sp³-hybridized carbons (Fsp3) is 0.250. The van der Waals surface area contributed by atoms with Crippen LogP contribution >= 0.6 is 0 Å². The van der Waals surface area contributed by atoms with Gasteiger partial charge in [0.05, 0.1) is 31.4 Å². The molecule has 2 aromatic heterocycles. The number of sulfonamides is 1. The third-order valence-corrected chi connectivity index (χ3v) is 4.00. The average molecular weight is 310 g/mol. The standard InChI is InChI=1S/C12H14N4O4S/c17-12(18)4-6-16-9-11(8-14-16)21(19,20)15-7-10-3-1-2-5-13-10/h1-3,5,8-9,15H,4,6-7H2,(H,17,18). The highest BCUT2D eigenvalue weighted by atomic mass is 32.2. The summed E-state index contributed by atoms with van der Waals surface area (Å²) in [6.07, 6.45) is 3.93. The predicted octanol–water partition coefficient (Wildman–Crippen LogP) is 0.231. The summed E-state index contributed by atoms with van der Waals surface area (Å²) in [5.74, 6) is -0.969. The van der Waals surface area contributed by atoms with Crippen LogP contribution in [-0.4, -0.2) is 34.3 Å². The number of aryl methyl sites for hydroxylation is 1. The number of carbonyl (C=O) groups is 1. The molecular formula is C12H14N4O4S. The second-order valence-electron chi connectivity index (χ2n) is 4.23. The SMILES string of the molecule is O=C(O)CCn1cc(S(=O)(=O)NCc2ccccn2)cn1. The zero-order chi connectivity index (χ0) is 15.3. The van der Waals surface area contributed by atoms with Crippen LogP contribution < -0.4 is 4.72 Å². The summed E-state index contributed by atoms with van der Waals surface area (Å²) in [5, 5.41) is 12.4. The Bertz CT molecular complexity index is 712. The topological polar surface area (TPSA) is 114 Å². The van der Waals surface area contributed by atoms with E-state index in [0.29, 0.717) is 5.69 Å². The lowest BCUT2D eigenvalue weighted by molar-refractivity contribution is -0.137. The van der Waals surface area contributed by atoms with Gasteiger partial charge in [-0.05, 0) is 12.1 Å². The van der Waals surface area contributed by atoms with E-state index >= 15 is 0 Å². The second-order valence-corrected chi connectivity index (χ2v) is 6.00. The van der Waals surface area contributed by atoms with Gasteiger partial charge in [-0.15, -0.1) is 0 Å². The quantitative estimate of drug-likeness (QED) is 0.756. The number of nitrogens with zero attached hydrogens (tertiary/aromatic N) is 3. The molecule has 0 spiro atoms. The summed E-state index contributed by atoms with van der Waals surface area (Å²) in [6, 6.07) is 5.21. The van der Waals surface area contributed by atoms with Gasteiger partial charge in [-0.1, -0.05) is 6.07 Å². The fourth-order valence-electron chi connectivity index (χ4n) is 1.57. The third kappa shape index (κ3) is 4.36. The normalized spacial score (nSPS) is 11.4. The molecule has 0 atom stereocenters. The van der Waals surface area contributed by atoms with Gasteiger partial charge in [0.1, 0.15) is 4.90 Å². The summed E-state index contributed by atoms with van der Waals surface area (Å²) in [4.78, 5) is 14.5. The minimum absolute atomic E-state index is 0.0104.